The summed E-state index contributed by atoms with van der Waals surface area (Å²) in [5, 5.41) is 0. The van der Waals surface area contributed by atoms with Gasteiger partial charge < -0.3 is 9.30 Å². The molecule has 0 aromatic carbocycles. The number of carbonyl (C=O) groups is 1. The van der Waals surface area contributed by atoms with E-state index in [1.54, 1.807) is 0 Å². The molecule has 0 bridgehead atoms. The van der Waals surface area contributed by atoms with Crippen molar-refractivity contribution >= 4 is 38.3 Å². The maximum Gasteiger partial charge on any atom is 0.401 e. The van der Waals surface area contributed by atoms with Gasteiger partial charge in [0.2, 0.25) is 0 Å². The average Bonchev–Trinajstić information content (AvgIpc) is 2.10. The maximum absolute atomic E-state index is 12.0. The molecule has 1 atom stereocenters. The molecule has 17 heavy (non-hydrogen) atoms. The Morgan fingerprint density at radius 1 is 1.24 bits per heavy atom. The molecule has 0 saturated heterocycles. The fourth-order valence-corrected chi connectivity index (χ4v) is 4.07. The van der Waals surface area contributed by atoms with E-state index in [0.29, 0.717) is 11.1 Å². The zero-order valence-corrected chi connectivity index (χ0v) is 15.7. The molecule has 0 spiro atoms. The van der Waals surface area contributed by atoms with Crippen molar-refractivity contribution in [3.8, 4) is 0 Å². The van der Waals surface area contributed by atoms with Gasteiger partial charge in [-0.25, -0.2) is 4.79 Å². The topological polar surface area (TPSA) is 29.5 Å². The van der Waals surface area contributed by atoms with Crippen molar-refractivity contribution in [2.24, 2.45) is 0 Å². The molecule has 0 aliphatic heterocycles. The number of alkyl halides is 1. The van der Waals surface area contributed by atoms with Gasteiger partial charge in [-0.1, -0.05) is 55.2 Å². The third-order valence-electron chi connectivity index (χ3n) is 2.58. The second kappa shape index (κ2) is 6.38. The Hall–Kier alpha value is 0.184. The van der Waals surface area contributed by atoms with Crippen LogP contribution in [0.1, 0.15) is 6.92 Å². The number of nitrogens with zero attached hydrogens (tertiary/aromatic N) is 1. The van der Waals surface area contributed by atoms with Gasteiger partial charge >= 0.3 is 6.09 Å². The first-order valence-electron chi connectivity index (χ1n) is 6.08. The Morgan fingerprint density at radius 2 is 1.71 bits per heavy atom. The smallest absolute Gasteiger partial charge is 0.401 e. The molecule has 0 saturated carbocycles. The predicted octanol–water partition coefficient (Wildman–Crippen LogP) is 3.92. The molecular weight excluding hydrogens is 314 g/mol. The lowest BCUT2D eigenvalue weighted by molar-refractivity contribution is 0.130. The molecule has 0 fully saturated rings. The van der Waals surface area contributed by atoms with Crippen molar-refractivity contribution in [3.05, 3.63) is 0 Å². The molecule has 0 aromatic rings. The summed E-state index contributed by atoms with van der Waals surface area (Å²) in [6.07, 6.45) is -0.158. The number of ether oxygens (including phenoxy) is 1. The van der Waals surface area contributed by atoms with Crippen molar-refractivity contribution in [2.45, 2.75) is 50.7 Å². The summed E-state index contributed by atoms with van der Waals surface area (Å²) in [7, 11) is -2.96. The Bertz CT molecular complexity index is 261. The van der Waals surface area contributed by atoms with Crippen molar-refractivity contribution < 1.29 is 9.53 Å². The van der Waals surface area contributed by atoms with Gasteiger partial charge in [0.15, 0.2) is 8.24 Å². The highest BCUT2D eigenvalue weighted by Crippen LogP contribution is 2.21. The van der Waals surface area contributed by atoms with Crippen LogP contribution in [0.4, 0.5) is 4.79 Å². The standard InChI is InChI=1S/C11H26BrNO2Si2/c1-8-15-11(14)13(17(5,6)7)9-10(12)16(2,3)4/h10H,8-9H2,1-7H3. The van der Waals surface area contributed by atoms with E-state index >= 15 is 0 Å². The summed E-state index contributed by atoms with van der Waals surface area (Å²) < 4.78 is 7.52. The molecule has 0 rings (SSSR count). The molecule has 0 aliphatic rings. The number of amides is 1. The van der Waals surface area contributed by atoms with Gasteiger partial charge in [0.1, 0.15) is 0 Å². The highest BCUT2D eigenvalue weighted by molar-refractivity contribution is 9.10. The van der Waals surface area contributed by atoms with Gasteiger partial charge in [0.05, 0.1) is 14.7 Å². The zero-order valence-electron chi connectivity index (χ0n) is 12.1. The van der Waals surface area contributed by atoms with Crippen LogP contribution in [0, 0.1) is 0 Å². The normalized spacial score (nSPS) is 14.4. The van der Waals surface area contributed by atoms with E-state index in [0.717, 1.165) is 6.54 Å². The highest BCUT2D eigenvalue weighted by Gasteiger charge is 2.35. The van der Waals surface area contributed by atoms with E-state index < -0.39 is 16.3 Å². The summed E-state index contributed by atoms with van der Waals surface area (Å²) in [6.45, 7) is 16.5. The van der Waals surface area contributed by atoms with Crippen molar-refractivity contribution in [3.63, 3.8) is 0 Å². The molecule has 1 unspecified atom stereocenters. The van der Waals surface area contributed by atoms with Crippen LogP contribution in [-0.2, 0) is 4.74 Å². The molecule has 6 heteroatoms. The Kier molecular flexibility index (Phi) is 6.45. The predicted molar refractivity (Wildman–Crippen MR) is 83.1 cm³/mol. The Labute approximate surface area is 116 Å². The van der Waals surface area contributed by atoms with E-state index in [1.807, 2.05) is 11.5 Å². The minimum Gasteiger partial charge on any atom is -0.450 e. The number of hydrogen-bond acceptors (Lipinski definition) is 2. The van der Waals surface area contributed by atoms with Gasteiger partial charge in [-0.05, 0) is 6.92 Å². The van der Waals surface area contributed by atoms with Crippen LogP contribution < -0.4 is 0 Å². The van der Waals surface area contributed by atoms with E-state index in [2.05, 4.69) is 55.2 Å². The second-order valence-corrected chi connectivity index (χ2v) is 18.6. The lowest BCUT2D eigenvalue weighted by atomic mass is 10.7. The zero-order chi connectivity index (χ0) is 13.9. The molecule has 0 radical (unpaired) electrons. The number of carbonyl (C=O) groups excluding carboxylic acids is 1. The van der Waals surface area contributed by atoms with Gasteiger partial charge in [-0.2, -0.15) is 0 Å². The van der Waals surface area contributed by atoms with E-state index in [4.69, 9.17) is 4.74 Å². The quantitative estimate of drug-likeness (QED) is 0.561. The summed E-state index contributed by atoms with van der Waals surface area (Å²) in [4.78, 5) is 12.0. The van der Waals surface area contributed by atoms with Crippen LogP contribution in [0.5, 0.6) is 0 Å². The lowest BCUT2D eigenvalue weighted by Crippen LogP contribution is -2.55. The largest absolute Gasteiger partial charge is 0.450 e. The molecule has 0 aromatic heterocycles. The summed E-state index contributed by atoms with van der Waals surface area (Å²) >= 11 is 3.75. The van der Waals surface area contributed by atoms with E-state index in [9.17, 15) is 4.79 Å². The van der Waals surface area contributed by atoms with Gasteiger partial charge in [0.25, 0.3) is 0 Å². The summed E-state index contributed by atoms with van der Waals surface area (Å²) in [5.41, 5.74) is 0. The molecule has 0 aliphatic carbocycles. The third-order valence-corrected chi connectivity index (χ3v) is 11.0. The lowest BCUT2D eigenvalue weighted by Gasteiger charge is -2.37. The first kappa shape index (κ1) is 17.2. The first-order valence-corrected chi connectivity index (χ1v) is 14.0. The fourth-order valence-electron chi connectivity index (χ4n) is 1.26. The summed E-state index contributed by atoms with van der Waals surface area (Å²) in [5.74, 6) is 0. The highest BCUT2D eigenvalue weighted by atomic mass is 79.9. The number of rotatable bonds is 5. The van der Waals surface area contributed by atoms with Crippen LogP contribution in [0.15, 0.2) is 0 Å². The minimum absolute atomic E-state index is 0.158. The van der Waals surface area contributed by atoms with E-state index in [-0.39, 0.29) is 6.09 Å². The SMILES string of the molecule is CCOC(=O)N(CC(Br)[Si](C)(C)C)[Si](C)(C)C. The molecule has 3 nitrogen and oxygen atoms in total. The molecule has 1 amide bonds. The Balaban J connectivity index is 4.79. The summed E-state index contributed by atoms with van der Waals surface area (Å²) in [6, 6.07) is 0. The van der Waals surface area contributed by atoms with Gasteiger partial charge in [0, 0.05) is 11.0 Å². The Morgan fingerprint density at radius 3 is 2.00 bits per heavy atom. The molecule has 0 heterocycles. The van der Waals surface area contributed by atoms with Gasteiger partial charge in [-0.3, -0.25) is 0 Å². The molecule has 102 valence electrons. The van der Waals surface area contributed by atoms with Gasteiger partial charge in [-0.15, -0.1) is 0 Å². The second-order valence-electron chi connectivity index (χ2n) is 6.31. The van der Waals surface area contributed by atoms with Crippen molar-refractivity contribution in [1.82, 2.24) is 4.57 Å². The monoisotopic (exact) mass is 339 g/mol. The van der Waals surface area contributed by atoms with Crippen molar-refractivity contribution in [1.29, 1.82) is 0 Å². The first-order chi connectivity index (χ1) is 7.50. The maximum atomic E-state index is 12.0. The fraction of sp³-hybridized carbons (Fsp3) is 0.909. The third kappa shape index (κ3) is 6.06. The van der Waals surface area contributed by atoms with Crippen LogP contribution >= 0.6 is 15.9 Å². The van der Waals surface area contributed by atoms with Crippen LogP contribution in [0.2, 0.25) is 39.3 Å². The van der Waals surface area contributed by atoms with Crippen LogP contribution in [0.3, 0.4) is 0 Å². The average molecular weight is 340 g/mol. The minimum atomic E-state index is -1.68. The number of hydrogen-bond donors (Lipinski definition) is 0. The molecule has 0 N–H and O–H groups in total. The van der Waals surface area contributed by atoms with Crippen LogP contribution in [-0.4, -0.2) is 44.6 Å². The number of halogens is 1. The molecular formula is C11H26BrNO2Si2. The van der Waals surface area contributed by atoms with Crippen molar-refractivity contribution in [2.75, 3.05) is 13.2 Å². The van der Waals surface area contributed by atoms with Crippen LogP contribution in [0.25, 0.3) is 0 Å². The van der Waals surface area contributed by atoms with E-state index in [1.165, 1.54) is 0 Å².